The van der Waals surface area contributed by atoms with Gasteiger partial charge >= 0.3 is 0 Å². The van der Waals surface area contributed by atoms with Gasteiger partial charge in [0, 0.05) is 17.9 Å². The summed E-state index contributed by atoms with van der Waals surface area (Å²) in [6.45, 7) is 0.636. The molecule has 0 heterocycles. The number of nitrogens with two attached hydrogens (primary N) is 1. The molecule has 45 heavy (non-hydrogen) atoms. The summed E-state index contributed by atoms with van der Waals surface area (Å²) in [6, 6.07) is 43.5. The van der Waals surface area contributed by atoms with Crippen molar-refractivity contribution in [2.24, 2.45) is 5.73 Å². The Kier molecular flexibility index (Phi) is 13.8. The van der Waals surface area contributed by atoms with Crippen molar-refractivity contribution in [3.8, 4) is 0 Å². The molecular weight excluding hydrogens is 573 g/mol. The van der Waals surface area contributed by atoms with Crippen LogP contribution < -0.4 is 11.1 Å². The smallest absolute Gasteiger partial charge is 0.224 e. The Morgan fingerprint density at radius 3 is 1.87 bits per heavy atom. The van der Waals surface area contributed by atoms with Crippen LogP contribution in [0.15, 0.2) is 132 Å². The van der Waals surface area contributed by atoms with Crippen molar-refractivity contribution < 1.29 is 9.59 Å². The highest BCUT2D eigenvalue weighted by Crippen LogP contribution is 2.31. The van der Waals surface area contributed by atoms with Gasteiger partial charge in [-0.1, -0.05) is 128 Å². The maximum Gasteiger partial charge on any atom is 0.224 e. The van der Waals surface area contributed by atoms with Crippen LogP contribution in [0.5, 0.6) is 0 Å². The van der Waals surface area contributed by atoms with Crippen molar-refractivity contribution in [1.29, 1.82) is 0 Å². The molecule has 0 aliphatic heterocycles. The fourth-order valence-corrected chi connectivity index (χ4v) is 5.83. The second kappa shape index (κ2) is 18.5. The first kappa shape index (κ1) is 33.5. The van der Waals surface area contributed by atoms with Gasteiger partial charge in [-0.05, 0) is 76.8 Å². The lowest BCUT2D eigenvalue weighted by molar-refractivity contribution is -0.120. The number of thiol groups is 1. The number of carbonyl (C=O) groups is 2. The normalized spacial score (nSPS) is 11.3. The number of amides is 2. The van der Waals surface area contributed by atoms with E-state index in [0.717, 1.165) is 54.4 Å². The summed E-state index contributed by atoms with van der Waals surface area (Å²) in [6.07, 6.45) is 6.57. The van der Waals surface area contributed by atoms with Crippen LogP contribution in [0.2, 0.25) is 0 Å². The molecule has 0 aromatic heterocycles. The SMILES string of the molecule is NC(=O)CCCCCC(Cc1ccc(CC(=O)NCCc2ccccc2)c2ccccc12)c1ccccc1.Sc1ccccc1. The van der Waals surface area contributed by atoms with E-state index in [1.165, 1.54) is 22.1 Å². The number of carbonyl (C=O) groups excluding carboxylic acids is 2. The second-order valence-corrected chi connectivity index (χ2v) is 11.9. The first-order chi connectivity index (χ1) is 22.0. The molecule has 5 aromatic rings. The molecule has 0 bridgehead atoms. The van der Waals surface area contributed by atoms with Gasteiger partial charge in [0.2, 0.25) is 11.8 Å². The molecule has 0 aliphatic rings. The number of benzene rings is 5. The van der Waals surface area contributed by atoms with Crippen molar-refractivity contribution in [2.45, 2.75) is 62.2 Å². The van der Waals surface area contributed by atoms with E-state index in [2.05, 4.69) is 96.8 Å². The minimum absolute atomic E-state index is 0.0527. The van der Waals surface area contributed by atoms with Gasteiger partial charge in [0.05, 0.1) is 6.42 Å². The molecular formula is C40H44N2O2S. The molecule has 0 saturated heterocycles. The molecule has 5 aromatic carbocycles. The summed E-state index contributed by atoms with van der Waals surface area (Å²) in [7, 11) is 0. The van der Waals surface area contributed by atoms with Gasteiger partial charge in [-0.2, -0.15) is 0 Å². The van der Waals surface area contributed by atoms with Crippen LogP contribution in [0.1, 0.15) is 60.3 Å². The largest absolute Gasteiger partial charge is 0.370 e. The molecule has 5 rings (SSSR count). The van der Waals surface area contributed by atoms with Crippen LogP contribution in [-0.4, -0.2) is 18.4 Å². The zero-order chi connectivity index (χ0) is 31.7. The predicted octanol–water partition coefficient (Wildman–Crippen LogP) is 8.48. The van der Waals surface area contributed by atoms with Gasteiger partial charge in [-0.25, -0.2) is 0 Å². The average molecular weight is 617 g/mol. The fourth-order valence-electron chi connectivity index (χ4n) is 5.65. The summed E-state index contributed by atoms with van der Waals surface area (Å²) < 4.78 is 0. The van der Waals surface area contributed by atoms with Gasteiger partial charge < -0.3 is 11.1 Å². The Hall–Kier alpha value is -4.35. The quantitative estimate of drug-likeness (QED) is 0.0865. The summed E-state index contributed by atoms with van der Waals surface area (Å²) in [5.74, 6) is 0.221. The van der Waals surface area contributed by atoms with E-state index in [4.69, 9.17) is 5.73 Å². The van der Waals surface area contributed by atoms with Gasteiger partial charge in [0.25, 0.3) is 0 Å². The zero-order valence-electron chi connectivity index (χ0n) is 25.9. The second-order valence-electron chi connectivity index (χ2n) is 11.4. The van der Waals surface area contributed by atoms with Crippen molar-refractivity contribution in [1.82, 2.24) is 5.32 Å². The topological polar surface area (TPSA) is 72.2 Å². The highest BCUT2D eigenvalue weighted by atomic mass is 32.1. The van der Waals surface area contributed by atoms with Crippen LogP contribution >= 0.6 is 12.6 Å². The molecule has 0 saturated carbocycles. The van der Waals surface area contributed by atoms with Crippen LogP contribution in [0.3, 0.4) is 0 Å². The van der Waals surface area contributed by atoms with E-state index in [0.29, 0.717) is 25.3 Å². The first-order valence-electron chi connectivity index (χ1n) is 15.9. The van der Waals surface area contributed by atoms with E-state index in [1.54, 1.807) is 0 Å². The average Bonchev–Trinajstić information content (AvgIpc) is 3.06. The van der Waals surface area contributed by atoms with Crippen molar-refractivity contribution in [3.63, 3.8) is 0 Å². The fraction of sp³-hybridized carbons (Fsp3) is 0.250. The van der Waals surface area contributed by atoms with Gasteiger partial charge in [-0.3, -0.25) is 9.59 Å². The Bertz CT molecular complexity index is 1610. The maximum absolute atomic E-state index is 12.8. The lowest BCUT2D eigenvalue weighted by Crippen LogP contribution is -2.27. The van der Waals surface area contributed by atoms with E-state index in [1.807, 2.05) is 48.5 Å². The highest BCUT2D eigenvalue weighted by Gasteiger charge is 2.16. The van der Waals surface area contributed by atoms with Crippen LogP contribution in [0.4, 0.5) is 0 Å². The van der Waals surface area contributed by atoms with E-state index >= 15 is 0 Å². The third kappa shape index (κ3) is 11.6. The number of fused-ring (bicyclic) bond motifs is 1. The summed E-state index contributed by atoms with van der Waals surface area (Å²) in [5.41, 5.74) is 10.2. The minimum Gasteiger partial charge on any atom is -0.370 e. The Morgan fingerprint density at radius 2 is 1.24 bits per heavy atom. The van der Waals surface area contributed by atoms with Gasteiger partial charge in [-0.15, -0.1) is 12.6 Å². The van der Waals surface area contributed by atoms with Crippen LogP contribution in [0.25, 0.3) is 10.8 Å². The zero-order valence-corrected chi connectivity index (χ0v) is 26.8. The predicted molar refractivity (Wildman–Crippen MR) is 190 cm³/mol. The van der Waals surface area contributed by atoms with Gasteiger partial charge in [0.15, 0.2) is 0 Å². The monoisotopic (exact) mass is 616 g/mol. The number of hydrogen-bond acceptors (Lipinski definition) is 3. The molecule has 0 fully saturated rings. The molecule has 232 valence electrons. The van der Waals surface area contributed by atoms with E-state index < -0.39 is 0 Å². The number of hydrogen-bond donors (Lipinski definition) is 3. The third-order valence-electron chi connectivity index (χ3n) is 8.00. The summed E-state index contributed by atoms with van der Waals surface area (Å²) in [4.78, 5) is 24.9. The third-order valence-corrected chi connectivity index (χ3v) is 8.30. The van der Waals surface area contributed by atoms with Crippen molar-refractivity contribution in [2.75, 3.05) is 6.54 Å². The Morgan fingerprint density at radius 1 is 0.667 bits per heavy atom. The molecule has 1 unspecified atom stereocenters. The molecule has 4 nitrogen and oxygen atoms in total. The van der Waals surface area contributed by atoms with E-state index in [9.17, 15) is 9.59 Å². The maximum atomic E-state index is 12.8. The first-order valence-corrected chi connectivity index (χ1v) is 16.3. The molecule has 0 spiro atoms. The molecule has 2 amide bonds. The lowest BCUT2D eigenvalue weighted by Gasteiger charge is -2.20. The number of primary amides is 1. The standard InChI is InChI=1S/C34H38N2O2.C6H6S/c35-33(37)19-9-3-8-16-28(27-14-6-2-7-15-27)24-29-20-21-30(32-18-11-10-17-31(29)32)25-34(38)36-23-22-26-12-4-1-5-13-26;7-6-4-2-1-3-5-6/h1-2,4-7,10-15,17-18,20-21,28H,3,8-9,16,19,22-25H2,(H2,35,37)(H,36,38);1-5,7H. The lowest BCUT2D eigenvalue weighted by atomic mass is 9.85. The molecule has 5 heteroatoms. The van der Waals surface area contributed by atoms with E-state index in [-0.39, 0.29) is 11.8 Å². The molecule has 0 aliphatic carbocycles. The molecule has 3 N–H and O–H groups in total. The van der Waals surface area contributed by atoms with Crippen molar-refractivity contribution >= 4 is 35.2 Å². The molecule has 0 radical (unpaired) electrons. The number of unbranched alkanes of at least 4 members (excludes halogenated alkanes) is 2. The van der Waals surface area contributed by atoms with Crippen molar-refractivity contribution in [3.05, 3.63) is 150 Å². The Labute approximate surface area is 273 Å². The molecule has 1 atom stereocenters. The van der Waals surface area contributed by atoms with Gasteiger partial charge in [0.1, 0.15) is 0 Å². The number of nitrogens with one attached hydrogen (secondary N) is 1. The Balaban J connectivity index is 0.000000580. The summed E-state index contributed by atoms with van der Waals surface area (Å²) in [5, 5.41) is 5.45. The van der Waals surface area contributed by atoms with Crippen LogP contribution in [-0.2, 0) is 28.9 Å². The number of rotatable bonds is 14. The highest BCUT2D eigenvalue weighted by molar-refractivity contribution is 7.80. The minimum atomic E-state index is -0.221. The van der Waals surface area contributed by atoms with Crippen LogP contribution in [0, 0.1) is 0 Å². The summed E-state index contributed by atoms with van der Waals surface area (Å²) >= 11 is 4.08.